The van der Waals surface area contributed by atoms with Gasteiger partial charge in [-0.2, -0.15) is 11.8 Å². The van der Waals surface area contributed by atoms with Gasteiger partial charge >= 0.3 is 0 Å². The maximum Gasteiger partial charge on any atom is 0.00926 e. The Labute approximate surface area is 106 Å². The molecule has 1 saturated carbocycles. The quantitative estimate of drug-likeness (QED) is 0.761. The second-order valence-corrected chi connectivity index (χ2v) is 7.04. The van der Waals surface area contributed by atoms with Crippen molar-refractivity contribution in [1.29, 1.82) is 0 Å². The van der Waals surface area contributed by atoms with Gasteiger partial charge in [-0.1, -0.05) is 40.0 Å². The minimum absolute atomic E-state index is 0.784. The van der Waals surface area contributed by atoms with E-state index in [0.717, 1.165) is 28.9 Å². The highest BCUT2D eigenvalue weighted by atomic mass is 32.2. The fraction of sp³-hybridized carbons (Fsp3) is 1.00. The van der Waals surface area contributed by atoms with Crippen molar-refractivity contribution in [3.05, 3.63) is 0 Å². The average Bonchev–Trinajstić information content (AvgIpc) is 2.30. The molecule has 4 unspecified atom stereocenters. The van der Waals surface area contributed by atoms with E-state index in [1.165, 1.54) is 38.5 Å². The van der Waals surface area contributed by atoms with Crippen LogP contribution in [0.4, 0.5) is 0 Å². The first kappa shape index (κ1) is 14.4. The highest BCUT2D eigenvalue weighted by Gasteiger charge is 2.30. The molecule has 0 spiro atoms. The van der Waals surface area contributed by atoms with Gasteiger partial charge in [-0.3, -0.25) is 0 Å². The predicted molar refractivity (Wildman–Crippen MR) is 75.9 cm³/mol. The molecule has 2 N–H and O–H groups in total. The Morgan fingerprint density at radius 3 is 2.62 bits per heavy atom. The number of hydrogen-bond donors (Lipinski definition) is 1. The Balaban J connectivity index is 2.46. The molecule has 0 saturated heterocycles. The molecule has 0 aromatic carbocycles. The van der Waals surface area contributed by atoms with E-state index in [1.54, 1.807) is 0 Å². The molecule has 0 aromatic heterocycles. The molecule has 4 atom stereocenters. The summed E-state index contributed by atoms with van der Waals surface area (Å²) in [6.07, 6.45) is 8.28. The molecular weight excluding hydrogens is 214 g/mol. The third-order valence-electron chi connectivity index (χ3n) is 4.02. The van der Waals surface area contributed by atoms with Gasteiger partial charge in [0.2, 0.25) is 0 Å². The summed E-state index contributed by atoms with van der Waals surface area (Å²) in [7, 11) is 0. The van der Waals surface area contributed by atoms with Crippen LogP contribution in [-0.4, -0.2) is 17.0 Å². The van der Waals surface area contributed by atoms with Crippen LogP contribution in [0.5, 0.6) is 0 Å². The minimum Gasteiger partial charge on any atom is -0.330 e. The SMILES string of the molecule is CCCC1CCC(CN)C(SC(C)CC)C1. The van der Waals surface area contributed by atoms with Gasteiger partial charge < -0.3 is 5.73 Å². The molecule has 1 fully saturated rings. The Hall–Kier alpha value is 0.310. The van der Waals surface area contributed by atoms with Crippen LogP contribution < -0.4 is 5.73 Å². The second-order valence-electron chi connectivity index (χ2n) is 5.36. The molecule has 0 heterocycles. The van der Waals surface area contributed by atoms with E-state index in [1.807, 2.05) is 0 Å². The van der Waals surface area contributed by atoms with Gasteiger partial charge in [-0.25, -0.2) is 0 Å². The van der Waals surface area contributed by atoms with E-state index in [0.29, 0.717) is 0 Å². The lowest BCUT2D eigenvalue weighted by atomic mass is 9.80. The second kappa shape index (κ2) is 7.60. The molecule has 1 aliphatic carbocycles. The van der Waals surface area contributed by atoms with E-state index in [2.05, 4.69) is 32.5 Å². The highest BCUT2D eigenvalue weighted by molar-refractivity contribution is 8.00. The van der Waals surface area contributed by atoms with Crippen LogP contribution in [0, 0.1) is 11.8 Å². The summed E-state index contributed by atoms with van der Waals surface area (Å²) in [5.41, 5.74) is 5.92. The minimum atomic E-state index is 0.784. The Morgan fingerprint density at radius 2 is 2.06 bits per heavy atom. The van der Waals surface area contributed by atoms with Crippen molar-refractivity contribution in [2.75, 3.05) is 6.54 Å². The molecule has 96 valence electrons. The molecule has 0 aromatic rings. The van der Waals surface area contributed by atoms with Crippen LogP contribution in [0.1, 0.15) is 59.3 Å². The molecule has 0 amide bonds. The van der Waals surface area contributed by atoms with Gasteiger partial charge in [0.1, 0.15) is 0 Å². The van der Waals surface area contributed by atoms with Gasteiger partial charge in [0.25, 0.3) is 0 Å². The normalized spacial score (nSPS) is 32.6. The van der Waals surface area contributed by atoms with E-state index in [-0.39, 0.29) is 0 Å². The molecule has 2 heteroatoms. The Bertz CT molecular complexity index is 184. The van der Waals surface area contributed by atoms with Crippen molar-refractivity contribution in [1.82, 2.24) is 0 Å². The fourth-order valence-corrected chi connectivity index (χ4v) is 4.42. The van der Waals surface area contributed by atoms with Crippen LogP contribution in [0.15, 0.2) is 0 Å². The third-order valence-corrected chi connectivity index (χ3v) is 5.74. The monoisotopic (exact) mass is 243 g/mol. The van der Waals surface area contributed by atoms with Crippen molar-refractivity contribution in [3.8, 4) is 0 Å². The van der Waals surface area contributed by atoms with E-state index >= 15 is 0 Å². The molecule has 0 bridgehead atoms. The van der Waals surface area contributed by atoms with Crippen molar-refractivity contribution in [2.45, 2.75) is 69.8 Å². The molecule has 0 radical (unpaired) electrons. The van der Waals surface area contributed by atoms with Gasteiger partial charge in [-0.15, -0.1) is 0 Å². The molecule has 1 aliphatic rings. The molecular formula is C14H29NS. The summed E-state index contributed by atoms with van der Waals surface area (Å²) in [5, 5.41) is 1.64. The zero-order chi connectivity index (χ0) is 12.0. The van der Waals surface area contributed by atoms with Crippen LogP contribution >= 0.6 is 11.8 Å². The van der Waals surface area contributed by atoms with Crippen LogP contribution in [-0.2, 0) is 0 Å². The predicted octanol–water partition coefficient (Wildman–Crippen LogP) is 4.06. The fourth-order valence-electron chi connectivity index (χ4n) is 2.78. The molecule has 0 aliphatic heterocycles. The zero-order valence-electron chi connectivity index (χ0n) is 11.2. The van der Waals surface area contributed by atoms with Crippen LogP contribution in [0.3, 0.4) is 0 Å². The Morgan fingerprint density at radius 1 is 1.31 bits per heavy atom. The summed E-state index contributed by atoms with van der Waals surface area (Å²) in [5.74, 6) is 1.77. The summed E-state index contributed by atoms with van der Waals surface area (Å²) < 4.78 is 0. The third kappa shape index (κ3) is 4.29. The van der Waals surface area contributed by atoms with Crippen molar-refractivity contribution >= 4 is 11.8 Å². The highest BCUT2D eigenvalue weighted by Crippen LogP contribution is 2.39. The smallest absolute Gasteiger partial charge is 0.00926 e. The van der Waals surface area contributed by atoms with Gasteiger partial charge in [-0.05, 0) is 37.6 Å². The number of thioether (sulfide) groups is 1. The summed E-state index contributed by atoms with van der Waals surface area (Å²) in [6.45, 7) is 7.86. The first-order chi connectivity index (χ1) is 7.71. The van der Waals surface area contributed by atoms with Gasteiger partial charge in [0.15, 0.2) is 0 Å². The topological polar surface area (TPSA) is 26.0 Å². The van der Waals surface area contributed by atoms with Gasteiger partial charge in [0.05, 0.1) is 0 Å². The summed E-state index contributed by atoms with van der Waals surface area (Å²) in [4.78, 5) is 0. The maximum absolute atomic E-state index is 5.92. The lowest BCUT2D eigenvalue weighted by Gasteiger charge is -2.36. The van der Waals surface area contributed by atoms with Crippen LogP contribution in [0.2, 0.25) is 0 Å². The Kier molecular flexibility index (Phi) is 6.83. The maximum atomic E-state index is 5.92. The van der Waals surface area contributed by atoms with Crippen molar-refractivity contribution in [3.63, 3.8) is 0 Å². The van der Waals surface area contributed by atoms with Crippen molar-refractivity contribution < 1.29 is 0 Å². The first-order valence-corrected chi connectivity index (χ1v) is 8.01. The largest absolute Gasteiger partial charge is 0.330 e. The summed E-state index contributed by atoms with van der Waals surface area (Å²) >= 11 is 2.20. The first-order valence-electron chi connectivity index (χ1n) is 7.06. The van der Waals surface area contributed by atoms with E-state index in [9.17, 15) is 0 Å². The molecule has 16 heavy (non-hydrogen) atoms. The van der Waals surface area contributed by atoms with Crippen molar-refractivity contribution in [2.24, 2.45) is 17.6 Å². The average molecular weight is 243 g/mol. The lowest BCUT2D eigenvalue weighted by Crippen LogP contribution is -2.33. The molecule has 1 nitrogen and oxygen atoms in total. The standard InChI is InChI=1S/C14H29NS/c1-4-6-12-7-8-13(10-15)14(9-12)16-11(3)5-2/h11-14H,4-10,15H2,1-3H3. The van der Waals surface area contributed by atoms with Gasteiger partial charge in [0, 0.05) is 10.5 Å². The van der Waals surface area contributed by atoms with E-state index < -0.39 is 0 Å². The summed E-state index contributed by atoms with van der Waals surface area (Å²) in [6, 6.07) is 0. The lowest BCUT2D eigenvalue weighted by molar-refractivity contribution is 0.275. The molecule has 1 rings (SSSR count). The van der Waals surface area contributed by atoms with E-state index in [4.69, 9.17) is 5.73 Å². The van der Waals surface area contributed by atoms with Crippen LogP contribution in [0.25, 0.3) is 0 Å². The zero-order valence-corrected chi connectivity index (χ0v) is 12.1. The number of rotatable bonds is 6. The number of nitrogens with two attached hydrogens (primary N) is 1. The number of hydrogen-bond acceptors (Lipinski definition) is 2.